The van der Waals surface area contributed by atoms with Gasteiger partial charge in [-0.2, -0.15) is 0 Å². The highest BCUT2D eigenvalue weighted by Crippen LogP contribution is 2.38. The molecule has 0 fully saturated rings. The zero-order valence-corrected chi connectivity index (χ0v) is 14.7. The summed E-state index contributed by atoms with van der Waals surface area (Å²) in [6, 6.07) is 8.70. The molecule has 3 nitrogen and oxygen atoms in total. The molecule has 1 aliphatic heterocycles. The minimum absolute atomic E-state index is 0.192. The number of hydrogen-bond acceptors (Lipinski definition) is 1. The maximum Gasteiger partial charge on any atom is 0.223 e. The van der Waals surface area contributed by atoms with Gasteiger partial charge >= 0.3 is 0 Å². The predicted octanol–water partition coefficient (Wildman–Crippen LogP) is 4.69. The van der Waals surface area contributed by atoms with Crippen molar-refractivity contribution < 1.29 is 4.79 Å². The highest BCUT2D eigenvalue weighted by Gasteiger charge is 2.33. The van der Waals surface area contributed by atoms with Crippen molar-refractivity contribution in [2.24, 2.45) is 11.8 Å². The minimum atomic E-state index is 0.192. The van der Waals surface area contributed by atoms with Crippen molar-refractivity contribution in [2.75, 3.05) is 6.54 Å². The van der Waals surface area contributed by atoms with Crippen molar-refractivity contribution in [3.8, 4) is 0 Å². The van der Waals surface area contributed by atoms with Crippen LogP contribution in [0.4, 0.5) is 0 Å². The first-order valence-electron chi connectivity index (χ1n) is 8.86. The van der Waals surface area contributed by atoms with Gasteiger partial charge in [0.1, 0.15) is 0 Å². The zero-order chi connectivity index (χ0) is 16.6. The van der Waals surface area contributed by atoms with Gasteiger partial charge in [-0.3, -0.25) is 4.79 Å². The molecule has 0 aliphatic carbocycles. The first-order chi connectivity index (χ1) is 11.0. The highest BCUT2D eigenvalue weighted by molar-refractivity contribution is 5.86. The van der Waals surface area contributed by atoms with E-state index in [1.165, 1.54) is 22.2 Å². The topological polar surface area (TPSA) is 36.1 Å². The molecule has 0 spiro atoms. The van der Waals surface area contributed by atoms with Crippen LogP contribution in [0.25, 0.3) is 10.9 Å². The van der Waals surface area contributed by atoms with Crippen LogP contribution in [-0.2, 0) is 11.2 Å². The second-order valence-electron chi connectivity index (χ2n) is 7.64. The summed E-state index contributed by atoms with van der Waals surface area (Å²) >= 11 is 0. The largest absolute Gasteiger partial charge is 0.356 e. The molecule has 3 rings (SSSR count). The van der Waals surface area contributed by atoms with Crippen LogP contribution in [0.1, 0.15) is 57.8 Å². The number of aromatic amines is 1. The molecule has 1 N–H and O–H groups in total. The number of nitrogens with zero attached hydrogens (tertiary/aromatic N) is 1. The van der Waals surface area contributed by atoms with E-state index in [0.717, 1.165) is 19.4 Å². The van der Waals surface area contributed by atoms with Crippen LogP contribution in [-0.4, -0.2) is 22.3 Å². The number of nitrogens with one attached hydrogen (secondary N) is 1. The van der Waals surface area contributed by atoms with Crippen molar-refractivity contribution in [1.82, 2.24) is 9.88 Å². The standard InChI is InChI=1S/C20H28N2O/c1-13(2)11-18-20-16(15-7-5-6-8-17(15)21-20)9-10-22(18)19(23)12-14(3)4/h5-8,13-14,18,21H,9-12H2,1-4H3. The molecule has 1 atom stereocenters. The predicted molar refractivity (Wildman–Crippen MR) is 95.4 cm³/mol. The Kier molecular flexibility index (Phi) is 4.47. The van der Waals surface area contributed by atoms with Crippen molar-refractivity contribution in [1.29, 1.82) is 0 Å². The average molecular weight is 312 g/mol. The summed E-state index contributed by atoms with van der Waals surface area (Å²) in [7, 11) is 0. The number of benzene rings is 1. The molecule has 1 aromatic heterocycles. The van der Waals surface area contributed by atoms with Gasteiger partial charge in [-0.1, -0.05) is 45.9 Å². The molecule has 0 radical (unpaired) electrons. The molecule has 23 heavy (non-hydrogen) atoms. The number of fused-ring (bicyclic) bond motifs is 3. The first-order valence-corrected chi connectivity index (χ1v) is 8.86. The summed E-state index contributed by atoms with van der Waals surface area (Å²) in [5.41, 5.74) is 3.88. The molecule has 2 heterocycles. The van der Waals surface area contributed by atoms with E-state index in [1.54, 1.807) is 0 Å². The van der Waals surface area contributed by atoms with E-state index in [-0.39, 0.29) is 6.04 Å². The molecule has 1 unspecified atom stereocenters. The van der Waals surface area contributed by atoms with E-state index in [9.17, 15) is 4.79 Å². The molecule has 1 aliphatic rings. The monoisotopic (exact) mass is 312 g/mol. The maximum atomic E-state index is 12.7. The Morgan fingerprint density at radius 3 is 2.65 bits per heavy atom. The molecule has 124 valence electrons. The molecular weight excluding hydrogens is 284 g/mol. The van der Waals surface area contributed by atoms with Crippen LogP contribution in [0, 0.1) is 11.8 Å². The number of carbonyl (C=O) groups excluding carboxylic acids is 1. The second-order valence-corrected chi connectivity index (χ2v) is 7.64. The summed E-state index contributed by atoms with van der Waals surface area (Å²) in [6.07, 6.45) is 2.62. The fraction of sp³-hybridized carbons (Fsp3) is 0.550. The Hall–Kier alpha value is -1.77. The summed E-state index contributed by atoms with van der Waals surface area (Å²) in [6.45, 7) is 9.56. The number of carbonyl (C=O) groups is 1. The first kappa shape index (κ1) is 16.1. The molecule has 2 aromatic rings. The molecule has 0 saturated heterocycles. The third-order valence-corrected chi connectivity index (χ3v) is 4.76. The Morgan fingerprint density at radius 2 is 1.96 bits per heavy atom. The lowest BCUT2D eigenvalue weighted by Gasteiger charge is -2.37. The number of para-hydroxylation sites is 1. The maximum absolute atomic E-state index is 12.7. The minimum Gasteiger partial charge on any atom is -0.356 e. The molecule has 3 heteroatoms. The van der Waals surface area contributed by atoms with E-state index < -0.39 is 0 Å². The van der Waals surface area contributed by atoms with E-state index in [2.05, 4.69) is 61.8 Å². The molecular formula is C20H28N2O. The quantitative estimate of drug-likeness (QED) is 0.874. The van der Waals surface area contributed by atoms with Crippen LogP contribution < -0.4 is 0 Å². The number of rotatable bonds is 4. The normalized spacial score (nSPS) is 18.0. The molecule has 0 saturated carbocycles. The number of aromatic nitrogens is 1. The van der Waals surface area contributed by atoms with Gasteiger partial charge in [-0.05, 0) is 36.3 Å². The van der Waals surface area contributed by atoms with Gasteiger partial charge in [-0.25, -0.2) is 0 Å². The number of amides is 1. The van der Waals surface area contributed by atoms with Crippen LogP contribution in [0.15, 0.2) is 24.3 Å². The van der Waals surface area contributed by atoms with Crippen LogP contribution >= 0.6 is 0 Å². The fourth-order valence-electron chi connectivity index (χ4n) is 3.78. The third kappa shape index (κ3) is 3.15. The second kappa shape index (κ2) is 6.38. The van der Waals surface area contributed by atoms with Crippen LogP contribution in [0.2, 0.25) is 0 Å². The van der Waals surface area contributed by atoms with Crippen molar-refractivity contribution in [2.45, 2.75) is 53.0 Å². The number of H-pyrrole nitrogens is 1. The van der Waals surface area contributed by atoms with Crippen LogP contribution in [0.3, 0.4) is 0 Å². The van der Waals surface area contributed by atoms with Gasteiger partial charge in [0, 0.05) is 29.6 Å². The average Bonchev–Trinajstić information content (AvgIpc) is 2.85. The Bertz CT molecular complexity index is 699. The number of hydrogen-bond donors (Lipinski definition) is 1. The van der Waals surface area contributed by atoms with Gasteiger partial charge in [0.2, 0.25) is 5.91 Å². The van der Waals surface area contributed by atoms with Gasteiger partial charge in [-0.15, -0.1) is 0 Å². The van der Waals surface area contributed by atoms with Gasteiger partial charge < -0.3 is 9.88 Å². The van der Waals surface area contributed by atoms with E-state index in [1.807, 2.05) is 0 Å². The van der Waals surface area contributed by atoms with E-state index >= 15 is 0 Å². The van der Waals surface area contributed by atoms with Gasteiger partial charge in [0.05, 0.1) is 6.04 Å². The Balaban J connectivity index is 2.00. The molecule has 1 amide bonds. The summed E-state index contributed by atoms with van der Waals surface area (Å²) in [5.74, 6) is 1.27. The third-order valence-electron chi connectivity index (χ3n) is 4.76. The summed E-state index contributed by atoms with van der Waals surface area (Å²) in [5, 5.41) is 1.33. The Labute approximate surface area is 139 Å². The van der Waals surface area contributed by atoms with Crippen molar-refractivity contribution in [3.05, 3.63) is 35.5 Å². The summed E-state index contributed by atoms with van der Waals surface area (Å²) < 4.78 is 0. The smallest absolute Gasteiger partial charge is 0.223 e. The molecule has 0 bridgehead atoms. The van der Waals surface area contributed by atoms with Crippen molar-refractivity contribution >= 4 is 16.8 Å². The van der Waals surface area contributed by atoms with E-state index in [4.69, 9.17) is 0 Å². The zero-order valence-electron chi connectivity index (χ0n) is 14.7. The van der Waals surface area contributed by atoms with Gasteiger partial charge in [0.15, 0.2) is 0 Å². The fourth-order valence-corrected chi connectivity index (χ4v) is 3.78. The Morgan fingerprint density at radius 1 is 1.22 bits per heavy atom. The lowest BCUT2D eigenvalue weighted by Crippen LogP contribution is -2.41. The lowest BCUT2D eigenvalue weighted by atomic mass is 9.91. The van der Waals surface area contributed by atoms with Gasteiger partial charge in [0.25, 0.3) is 0 Å². The van der Waals surface area contributed by atoms with Crippen molar-refractivity contribution in [3.63, 3.8) is 0 Å². The highest BCUT2D eigenvalue weighted by atomic mass is 16.2. The van der Waals surface area contributed by atoms with Crippen LogP contribution in [0.5, 0.6) is 0 Å². The van der Waals surface area contributed by atoms with E-state index in [0.29, 0.717) is 24.2 Å². The SMILES string of the molecule is CC(C)CC(=O)N1CCc2c([nH]c3ccccc23)C1CC(C)C. The lowest BCUT2D eigenvalue weighted by molar-refractivity contribution is -0.135. The molecule has 1 aromatic carbocycles. The summed E-state index contributed by atoms with van der Waals surface area (Å²) in [4.78, 5) is 18.5.